The molecule has 0 saturated heterocycles. The van der Waals surface area contributed by atoms with Crippen molar-refractivity contribution in [2.75, 3.05) is 30.9 Å². The summed E-state index contributed by atoms with van der Waals surface area (Å²) in [6.07, 6.45) is -0.840. The number of nitrogens with zero attached hydrogens (tertiary/aromatic N) is 4. The predicted molar refractivity (Wildman–Crippen MR) is 141 cm³/mol. The molecule has 0 saturated carbocycles. The quantitative estimate of drug-likeness (QED) is 0.369. The number of carbonyl (C=O) groups is 1. The highest BCUT2D eigenvalue weighted by Crippen LogP contribution is 2.24. The summed E-state index contributed by atoms with van der Waals surface area (Å²) in [7, 11) is -1.98. The molecular formula is C27H25F2N5O4S. The van der Waals surface area contributed by atoms with Crippen molar-refractivity contribution in [2.45, 2.75) is 24.5 Å². The molecule has 1 aliphatic heterocycles. The lowest BCUT2D eigenvalue weighted by atomic mass is 10.1. The standard InChI is InChI=1S/C27H25F2N5O4S/c1-34(15-25(28)29)26-4-2-3-21(33-26)22-8-7-18-13-30-20(12-23(18)32-22)14-31-27(35)17-5-6-19-16-38-9-10-39(36,37)24(19)11-17/h2-8,11-13,25H,9-10,14-16H2,1H3,(H,31,35). The summed E-state index contributed by atoms with van der Waals surface area (Å²) in [5.74, 6) is -0.158. The number of hydrogen-bond donors (Lipinski definition) is 1. The highest BCUT2D eigenvalue weighted by molar-refractivity contribution is 7.91. The Morgan fingerprint density at radius 3 is 2.74 bits per heavy atom. The molecule has 0 spiro atoms. The smallest absolute Gasteiger partial charge is 0.255 e. The first-order chi connectivity index (χ1) is 18.7. The highest BCUT2D eigenvalue weighted by Gasteiger charge is 2.23. The number of ether oxygens (including phenoxy) is 1. The molecule has 1 aromatic carbocycles. The first-order valence-corrected chi connectivity index (χ1v) is 13.8. The first-order valence-electron chi connectivity index (χ1n) is 12.1. The van der Waals surface area contributed by atoms with Crippen molar-refractivity contribution >= 4 is 32.5 Å². The average molecular weight is 554 g/mol. The van der Waals surface area contributed by atoms with E-state index < -0.39 is 28.7 Å². The summed E-state index contributed by atoms with van der Waals surface area (Å²) >= 11 is 0. The molecule has 0 radical (unpaired) electrons. The van der Waals surface area contributed by atoms with Crippen LogP contribution in [0.1, 0.15) is 21.6 Å². The van der Waals surface area contributed by atoms with Gasteiger partial charge in [0, 0.05) is 24.2 Å². The number of halogens is 2. The Hall–Kier alpha value is -4.03. The highest BCUT2D eigenvalue weighted by atomic mass is 32.2. The van der Waals surface area contributed by atoms with Crippen LogP contribution in [0.2, 0.25) is 0 Å². The van der Waals surface area contributed by atoms with E-state index in [2.05, 4.69) is 20.3 Å². The van der Waals surface area contributed by atoms with E-state index >= 15 is 0 Å². The number of nitrogens with one attached hydrogen (secondary N) is 1. The van der Waals surface area contributed by atoms with Gasteiger partial charge in [0.05, 0.1) is 59.6 Å². The fourth-order valence-corrected chi connectivity index (χ4v) is 5.60. The van der Waals surface area contributed by atoms with Crippen molar-refractivity contribution in [3.05, 3.63) is 77.6 Å². The van der Waals surface area contributed by atoms with Gasteiger partial charge in [0.1, 0.15) is 5.82 Å². The van der Waals surface area contributed by atoms with Crippen LogP contribution < -0.4 is 10.2 Å². The second-order valence-electron chi connectivity index (χ2n) is 9.09. The molecule has 4 aromatic rings. The van der Waals surface area contributed by atoms with Crippen molar-refractivity contribution in [3.63, 3.8) is 0 Å². The van der Waals surface area contributed by atoms with Gasteiger partial charge in [-0.3, -0.25) is 9.78 Å². The van der Waals surface area contributed by atoms with Gasteiger partial charge in [0.2, 0.25) is 0 Å². The molecule has 3 aromatic heterocycles. The van der Waals surface area contributed by atoms with Crippen LogP contribution in [0.4, 0.5) is 14.6 Å². The van der Waals surface area contributed by atoms with E-state index in [9.17, 15) is 22.0 Å². The normalized spacial score (nSPS) is 14.6. The molecular weight excluding hydrogens is 528 g/mol. The number of pyridine rings is 3. The number of rotatable bonds is 7. The Kier molecular flexibility index (Phi) is 7.49. The second kappa shape index (κ2) is 11.0. The van der Waals surface area contributed by atoms with Crippen LogP contribution in [-0.2, 0) is 27.7 Å². The van der Waals surface area contributed by atoms with Gasteiger partial charge >= 0.3 is 0 Å². The summed E-state index contributed by atoms with van der Waals surface area (Å²) in [5, 5.41) is 3.55. The van der Waals surface area contributed by atoms with Crippen LogP contribution in [0.3, 0.4) is 0 Å². The fourth-order valence-electron chi connectivity index (χ4n) is 4.21. The molecule has 202 valence electrons. The van der Waals surface area contributed by atoms with Crippen LogP contribution in [0.25, 0.3) is 22.3 Å². The van der Waals surface area contributed by atoms with Crippen molar-refractivity contribution in [1.82, 2.24) is 20.3 Å². The molecule has 1 aliphatic rings. The molecule has 0 bridgehead atoms. The molecule has 1 amide bonds. The summed E-state index contributed by atoms with van der Waals surface area (Å²) in [5.41, 5.74) is 3.02. The van der Waals surface area contributed by atoms with Crippen LogP contribution in [0, 0.1) is 0 Å². The zero-order chi connectivity index (χ0) is 27.6. The average Bonchev–Trinajstić information content (AvgIpc) is 3.08. The summed E-state index contributed by atoms with van der Waals surface area (Å²) in [6.45, 7) is -0.0460. The van der Waals surface area contributed by atoms with E-state index in [4.69, 9.17) is 4.74 Å². The summed E-state index contributed by atoms with van der Waals surface area (Å²) in [4.78, 5) is 27.8. The van der Waals surface area contributed by atoms with E-state index in [0.29, 0.717) is 34.0 Å². The number of sulfone groups is 1. The molecule has 0 aliphatic carbocycles. The van der Waals surface area contributed by atoms with Gasteiger partial charge in [-0.05, 0) is 48.0 Å². The maximum absolute atomic E-state index is 12.8. The third kappa shape index (κ3) is 6.02. The fraction of sp³-hybridized carbons (Fsp3) is 0.259. The van der Waals surface area contributed by atoms with Crippen molar-refractivity contribution in [3.8, 4) is 11.4 Å². The molecule has 0 fully saturated rings. The molecule has 1 N–H and O–H groups in total. The largest absolute Gasteiger partial charge is 0.376 e. The minimum Gasteiger partial charge on any atom is -0.376 e. The number of alkyl halides is 2. The monoisotopic (exact) mass is 553 g/mol. The molecule has 4 heterocycles. The minimum absolute atomic E-state index is 0.0970. The third-order valence-electron chi connectivity index (χ3n) is 6.28. The van der Waals surface area contributed by atoms with Crippen LogP contribution in [-0.4, -0.2) is 61.7 Å². The number of carbonyl (C=O) groups excluding carboxylic acids is 1. The van der Waals surface area contributed by atoms with E-state index in [-0.39, 0.29) is 36.0 Å². The number of amides is 1. The van der Waals surface area contributed by atoms with Gasteiger partial charge in [0.25, 0.3) is 12.3 Å². The van der Waals surface area contributed by atoms with E-state index in [1.807, 2.05) is 6.07 Å². The molecule has 39 heavy (non-hydrogen) atoms. The van der Waals surface area contributed by atoms with Crippen molar-refractivity contribution in [2.24, 2.45) is 0 Å². The Labute approximate surface area is 223 Å². The lowest BCUT2D eigenvalue weighted by Gasteiger charge is -2.18. The van der Waals surface area contributed by atoms with Gasteiger partial charge in [-0.1, -0.05) is 12.1 Å². The van der Waals surface area contributed by atoms with E-state index in [0.717, 1.165) is 5.39 Å². The molecule has 5 rings (SSSR count). The van der Waals surface area contributed by atoms with E-state index in [1.54, 1.807) is 55.7 Å². The molecule has 9 nitrogen and oxygen atoms in total. The predicted octanol–water partition coefficient (Wildman–Crippen LogP) is 3.63. The lowest BCUT2D eigenvalue weighted by Crippen LogP contribution is -2.24. The van der Waals surface area contributed by atoms with Gasteiger partial charge in [0.15, 0.2) is 9.84 Å². The lowest BCUT2D eigenvalue weighted by molar-refractivity contribution is 0.0950. The summed E-state index contributed by atoms with van der Waals surface area (Å²) in [6, 6.07) is 15.1. The topological polar surface area (TPSA) is 114 Å². The van der Waals surface area contributed by atoms with Crippen LogP contribution in [0.5, 0.6) is 0 Å². The van der Waals surface area contributed by atoms with Gasteiger partial charge < -0.3 is 15.0 Å². The van der Waals surface area contributed by atoms with E-state index in [1.165, 1.54) is 11.0 Å². The van der Waals surface area contributed by atoms with Gasteiger partial charge in [-0.2, -0.15) is 0 Å². The summed E-state index contributed by atoms with van der Waals surface area (Å²) < 4.78 is 56.0. The Morgan fingerprint density at radius 2 is 1.92 bits per heavy atom. The molecule has 0 unspecified atom stereocenters. The zero-order valence-electron chi connectivity index (χ0n) is 21.0. The molecule has 0 atom stereocenters. The number of fused-ring (bicyclic) bond motifs is 2. The second-order valence-corrected chi connectivity index (χ2v) is 11.2. The third-order valence-corrected chi connectivity index (χ3v) is 8.03. The van der Waals surface area contributed by atoms with Crippen LogP contribution in [0.15, 0.2) is 65.7 Å². The van der Waals surface area contributed by atoms with Gasteiger partial charge in [-0.15, -0.1) is 0 Å². The zero-order valence-corrected chi connectivity index (χ0v) is 21.8. The Morgan fingerprint density at radius 1 is 1.10 bits per heavy atom. The number of benzene rings is 1. The van der Waals surface area contributed by atoms with Crippen molar-refractivity contribution < 1.29 is 26.7 Å². The SMILES string of the molecule is CN(CC(F)F)c1cccc(-c2ccc3cnc(CNC(=O)c4ccc5c(c4)S(=O)(=O)CCOC5)cc3n2)n1. The van der Waals surface area contributed by atoms with Crippen molar-refractivity contribution in [1.29, 1.82) is 0 Å². The van der Waals surface area contributed by atoms with Crippen LogP contribution >= 0.6 is 0 Å². The number of aromatic nitrogens is 3. The minimum atomic E-state index is -3.53. The number of anilines is 1. The number of hydrogen-bond acceptors (Lipinski definition) is 8. The molecule has 12 heteroatoms. The Bertz CT molecular complexity index is 1650. The maximum atomic E-state index is 12.8. The maximum Gasteiger partial charge on any atom is 0.255 e. The first kappa shape index (κ1) is 26.6. The Balaban J connectivity index is 1.33. The van der Waals surface area contributed by atoms with Gasteiger partial charge in [-0.25, -0.2) is 27.2 Å².